The highest BCUT2D eigenvalue weighted by atomic mass is 32.2. The Bertz CT molecular complexity index is 1200. The molecule has 0 spiro atoms. The number of nitrogens with one attached hydrogen (secondary N) is 1. The molecule has 3 aromatic rings. The van der Waals surface area contributed by atoms with Crippen LogP contribution in [0, 0.1) is 5.82 Å². The number of sulfonamides is 1. The Morgan fingerprint density at radius 2 is 1.78 bits per heavy atom. The first-order chi connectivity index (χ1) is 15.2. The molecule has 0 atom stereocenters. The molecule has 3 rings (SSSR count). The molecule has 0 aliphatic heterocycles. The quantitative estimate of drug-likeness (QED) is 0.524. The van der Waals surface area contributed by atoms with Gasteiger partial charge in [-0.15, -0.1) is 0 Å². The van der Waals surface area contributed by atoms with Gasteiger partial charge in [-0.3, -0.25) is 9.10 Å². The van der Waals surface area contributed by atoms with Crippen LogP contribution in [0.5, 0.6) is 11.5 Å². The molecule has 1 amide bonds. The Labute approximate surface area is 185 Å². The number of halogens is 1. The first-order valence-corrected chi connectivity index (χ1v) is 11.4. The number of nitrogens with zero attached hydrogens (tertiary/aromatic N) is 1. The van der Waals surface area contributed by atoms with Gasteiger partial charge in [-0.1, -0.05) is 18.2 Å². The molecule has 0 aliphatic rings. The van der Waals surface area contributed by atoms with Crippen molar-refractivity contribution >= 4 is 21.6 Å². The van der Waals surface area contributed by atoms with Gasteiger partial charge < -0.3 is 19.2 Å². The summed E-state index contributed by atoms with van der Waals surface area (Å²) in [6.07, 6.45) is 2.46. The minimum atomic E-state index is -3.92. The van der Waals surface area contributed by atoms with Crippen molar-refractivity contribution in [3.8, 4) is 11.5 Å². The first kappa shape index (κ1) is 23.1. The van der Waals surface area contributed by atoms with Crippen molar-refractivity contribution in [2.75, 3.05) is 24.8 Å². The van der Waals surface area contributed by atoms with E-state index in [-0.39, 0.29) is 41.4 Å². The predicted molar refractivity (Wildman–Crippen MR) is 117 cm³/mol. The number of hydrogen-bond donors (Lipinski definition) is 1. The lowest BCUT2D eigenvalue weighted by Crippen LogP contribution is -2.33. The standard InChI is InChI=1S/C22H23FN2O6S/c1-29-20-11-17(22(26)24-13-16-8-6-10-31-16)19(12-21(20)30-2)25(32(3,27)28)14-15-7-4-5-9-18(15)23/h4-12H,13-14H2,1-3H3,(H,24,26). The van der Waals surface area contributed by atoms with Crippen molar-refractivity contribution in [2.24, 2.45) is 0 Å². The SMILES string of the molecule is COc1cc(C(=O)NCc2ccco2)c(N(Cc2ccccc2F)S(C)(=O)=O)cc1OC. The molecule has 8 nitrogen and oxygen atoms in total. The molecule has 10 heteroatoms. The summed E-state index contributed by atoms with van der Waals surface area (Å²) < 4.78 is 56.5. The maximum absolute atomic E-state index is 14.3. The van der Waals surface area contributed by atoms with Gasteiger partial charge in [0.25, 0.3) is 5.91 Å². The van der Waals surface area contributed by atoms with Crippen LogP contribution in [-0.2, 0) is 23.1 Å². The second-order valence-corrected chi connectivity index (χ2v) is 8.75. The van der Waals surface area contributed by atoms with Gasteiger partial charge in [0.1, 0.15) is 11.6 Å². The van der Waals surface area contributed by atoms with Gasteiger partial charge in [0.2, 0.25) is 10.0 Å². The Hall–Kier alpha value is -3.53. The van der Waals surface area contributed by atoms with Gasteiger partial charge in [0.05, 0.1) is 51.1 Å². The molecule has 1 heterocycles. The van der Waals surface area contributed by atoms with Crippen molar-refractivity contribution in [3.63, 3.8) is 0 Å². The Balaban J connectivity index is 2.09. The molecule has 1 aromatic heterocycles. The lowest BCUT2D eigenvalue weighted by atomic mass is 10.1. The van der Waals surface area contributed by atoms with Gasteiger partial charge in [-0.2, -0.15) is 0 Å². The second kappa shape index (κ2) is 9.73. The molecule has 0 saturated heterocycles. The smallest absolute Gasteiger partial charge is 0.253 e. The summed E-state index contributed by atoms with van der Waals surface area (Å²) in [6, 6.07) is 12.0. The van der Waals surface area contributed by atoms with Crippen LogP contribution in [0.25, 0.3) is 0 Å². The monoisotopic (exact) mass is 462 g/mol. The molecule has 0 fully saturated rings. The summed E-state index contributed by atoms with van der Waals surface area (Å²) in [4.78, 5) is 13.0. The molecule has 2 aromatic carbocycles. The lowest BCUT2D eigenvalue weighted by Gasteiger charge is -2.26. The number of furan rings is 1. The molecule has 170 valence electrons. The summed E-state index contributed by atoms with van der Waals surface area (Å²) >= 11 is 0. The van der Waals surface area contributed by atoms with Crippen molar-refractivity contribution in [1.82, 2.24) is 5.32 Å². The largest absolute Gasteiger partial charge is 0.493 e. The van der Waals surface area contributed by atoms with E-state index in [1.807, 2.05) is 0 Å². The summed E-state index contributed by atoms with van der Waals surface area (Å²) in [7, 11) is -1.13. The van der Waals surface area contributed by atoms with Crippen molar-refractivity contribution in [3.05, 3.63) is 77.5 Å². The number of carbonyl (C=O) groups is 1. The fourth-order valence-electron chi connectivity index (χ4n) is 3.09. The topological polar surface area (TPSA) is 98.1 Å². The van der Waals surface area contributed by atoms with Crippen molar-refractivity contribution < 1.29 is 31.5 Å². The third-order valence-corrected chi connectivity index (χ3v) is 5.82. The highest BCUT2D eigenvalue weighted by Gasteiger charge is 2.27. The Kier molecular flexibility index (Phi) is 7.04. The van der Waals surface area contributed by atoms with E-state index in [0.29, 0.717) is 5.76 Å². The average molecular weight is 462 g/mol. The van der Waals surface area contributed by atoms with Gasteiger partial charge >= 0.3 is 0 Å². The van der Waals surface area contributed by atoms with Gasteiger partial charge in [-0.05, 0) is 24.3 Å². The number of hydrogen-bond acceptors (Lipinski definition) is 6. The second-order valence-electron chi connectivity index (χ2n) is 6.85. The van der Waals surface area contributed by atoms with Crippen LogP contribution in [0.4, 0.5) is 10.1 Å². The summed E-state index contributed by atoms with van der Waals surface area (Å²) in [5.41, 5.74) is 0.177. The van der Waals surface area contributed by atoms with Gasteiger partial charge in [-0.25, -0.2) is 12.8 Å². The van der Waals surface area contributed by atoms with Crippen molar-refractivity contribution in [1.29, 1.82) is 0 Å². The number of rotatable bonds is 9. The predicted octanol–water partition coefficient (Wildman–Crippen LogP) is 3.33. The number of benzene rings is 2. The molecule has 0 unspecified atom stereocenters. The zero-order valence-electron chi connectivity index (χ0n) is 17.8. The van der Waals surface area contributed by atoms with Crippen molar-refractivity contribution in [2.45, 2.75) is 13.1 Å². The molecule has 0 aliphatic carbocycles. The molecular formula is C22H23FN2O6S. The molecule has 0 radical (unpaired) electrons. The van der Waals surface area contributed by atoms with E-state index in [9.17, 15) is 17.6 Å². The normalized spacial score (nSPS) is 11.1. The highest BCUT2D eigenvalue weighted by molar-refractivity contribution is 7.92. The van der Waals surface area contributed by atoms with Crippen LogP contribution >= 0.6 is 0 Å². The van der Waals surface area contributed by atoms with Crippen LogP contribution in [0.1, 0.15) is 21.7 Å². The van der Waals surface area contributed by atoms with E-state index in [0.717, 1.165) is 10.6 Å². The van der Waals surface area contributed by atoms with Crippen LogP contribution in [0.2, 0.25) is 0 Å². The van der Waals surface area contributed by atoms with E-state index in [4.69, 9.17) is 13.9 Å². The van der Waals surface area contributed by atoms with Crippen LogP contribution in [-0.4, -0.2) is 34.8 Å². The first-order valence-electron chi connectivity index (χ1n) is 9.52. The lowest BCUT2D eigenvalue weighted by molar-refractivity contribution is 0.0948. The molecule has 0 bridgehead atoms. The van der Waals surface area contributed by atoms with E-state index in [1.165, 1.54) is 50.8 Å². The number of anilines is 1. The average Bonchev–Trinajstić information content (AvgIpc) is 3.29. The van der Waals surface area contributed by atoms with Gasteiger partial charge in [0, 0.05) is 11.6 Å². The number of methoxy groups -OCH3 is 2. The van der Waals surface area contributed by atoms with Crippen LogP contribution in [0.15, 0.2) is 59.2 Å². The number of carbonyl (C=O) groups excluding carboxylic acids is 1. The zero-order valence-corrected chi connectivity index (χ0v) is 18.6. The third-order valence-electron chi connectivity index (χ3n) is 4.69. The van der Waals surface area contributed by atoms with E-state index in [2.05, 4.69) is 5.32 Å². The Morgan fingerprint density at radius 1 is 1.09 bits per heavy atom. The molecule has 0 saturated carbocycles. The van der Waals surface area contributed by atoms with E-state index in [1.54, 1.807) is 18.2 Å². The fourth-order valence-corrected chi connectivity index (χ4v) is 3.98. The zero-order chi connectivity index (χ0) is 23.3. The number of amides is 1. The highest BCUT2D eigenvalue weighted by Crippen LogP contribution is 2.37. The van der Waals surface area contributed by atoms with E-state index >= 15 is 0 Å². The minimum absolute atomic E-state index is 0.0102. The Morgan fingerprint density at radius 3 is 2.38 bits per heavy atom. The maximum atomic E-state index is 14.3. The molecular weight excluding hydrogens is 439 g/mol. The third kappa shape index (κ3) is 5.20. The molecule has 32 heavy (non-hydrogen) atoms. The summed E-state index contributed by atoms with van der Waals surface area (Å²) in [5, 5.41) is 2.69. The van der Waals surface area contributed by atoms with E-state index < -0.39 is 21.7 Å². The van der Waals surface area contributed by atoms with Crippen LogP contribution < -0.4 is 19.1 Å². The van der Waals surface area contributed by atoms with Crippen LogP contribution in [0.3, 0.4) is 0 Å². The maximum Gasteiger partial charge on any atom is 0.253 e. The number of ether oxygens (including phenoxy) is 2. The fraction of sp³-hybridized carbons (Fsp3) is 0.227. The van der Waals surface area contributed by atoms with Gasteiger partial charge in [0.15, 0.2) is 11.5 Å². The minimum Gasteiger partial charge on any atom is -0.493 e. The molecule has 1 N–H and O–H groups in total. The summed E-state index contributed by atoms with van der Waals surface area (Å²) in [5.74, 6) is -0.164. The summed E-state index contributed by atoms with van der Waals surface area (Å²) in [6.45, 7) is -0.231.